The first-order valence-corrected chi connectivity index (χ1v) is 12.1. The topological polar surface area (TPSA) is 75.3 Å². The number of carbonyl (C=O) groups is 1. The number of anilines is 1. The lowest BCUT2D eigenvalue weighted by Crippen LogP contribution is -2.45. The van der Waals surface area contributed by atoms with Crippen LogP contribution in [0.4, 0.5) is 5.69 Å². The number of amides is 1. The lowest BCUT2D eigenvalue weighted by atomic mass is 10.1. The molecule has 31 heavy (non-hydrogen) atoms. The molecule has 0 bridgehead atoms. The normalized spacial score (nSPS) is 12.4. The second-order valence-corrected chi connectivity index (χ2v) is 10.2. The first kappa shape index (κ1) is 23.2. The van der Waals surface area contributed by atoms with Crippen molar-refractivity contribution in [2.75, 3.05) is 5.32 Å². The predicted molar refractivity (Wildman–Crippen MR) is 128 cm³/mol. The third kappa shape index (κ3) is 6.03. The molecule has 0 saturated carbocycles. The van der Waals surface area contributed by atoms with E-state index in [0.717, 1.165) is 15.6 Å². The highest BCUT2D eigenvalue weighted by molar-refractivity contribution is 9.10. The number of rotatable bonds is 7. The molecule has 0 radical (unpaired) electrons. The highest BCUT2D eigenvalue weighted by Gasteiger charge is 2.28. The zero-order valence-electron chi connectivity index (χ0n) is 17.6. The lowest BCUT2D eigenvalue weighted by Gasteiger charge is -2.20. The molecule has 0 fully saturated rings. The summed E-state index contributed by atoms with van der Waals surface area (Å²) in [4.78, 5) is 13.3. The standard InChI is InChI=1S/C24H25BrN2O3S/c1-16-13-17(2)23(18(3)14-16)31(29,30)27-22(15-19-7-5-4-6-8-19)24(28)26-21-11-9-20(25)10-12-21/h4-14,22,27H,15H2,1-3H3,(H,26,28). The minimum atomic E-state index is -3.92. The molecule has 3 aromatic rings. The number of hydrogen-bond acceptors (Lipinski definition) is 3. The molecule has 2 N–H and O–H groups in total. The molecule has 0 spiro atoms. The molecule has 3 aromatic carbocycles. The highest BCUT2D eigenvalue weighted by atomic mass is 79.9. The van der Waals surface area contributed by atoms with Crippen molar-refractivity contribution in [1.29, 1.82) is 0 Å². The Morgan fingerprint density at radius 1 is 0.935 bits per heavy atom. The maximum absolute atomic E-state index is 13.3. The van der Waals surface area contributed by atoms with Gasteiger partial charge in [-0.2, -0.15) is 4.72 Å². The van der Waals surface area contributed by atoms with Crippen molar-refractivity contribution >= 4 is 37.5 Å². The zero-order valence-corrected chi connectivity index (χ0v) is 20.0. The Balaban J connectivity index is 1.92. The maximum atomic E-state index is 13.3. The van der Waals surface area contributed by atoms with Crippen molar-refractivity contribution in [1.82, 2.24) is 4.72 Å². The van der Waals surface area contributed by atoms with Gasteiger partial charge in [-0.1, -0.05) is 64.0 Å². The van der Waals surface area contributed by atoms with E-state index in [4.69, 9.17) is 0 Å². The van der Waals surface area contributed by atoms with Crippen LogP contribution >= 0.6 is 15.9 Å². The molecule has 0 aliphatic heterocycles. The second kappa shape index (κ2) is 9.77. The van der Waals surface area contributed by atoms with Gasteiger partial charge in [0.15, 0.2) is 0 Å². The summed E-state index contributed by atoms with van der Waals surface area (Å²) in [6.07, 6.45) is 0.229. The van der Waals surface area contributed by atoms with Gasteiger partial charge in [0.1, 0.15) is 6.04 Å². The molecule has 5 nitrogen and oxygen atoms in total. The first-order chi connectivity index (χ1) is 14.7. The largest absolute Gasteiger partial charge is 0.325 e. The van der Waals surface area contributed by atoms with Crippen LogP contribution in [0.15, 0.2) is 76.1 Å². The molecular formula is C24H25BrN2O3S. The molecule has 0 saturated heterocycles. The summed E-state index contributed by atoms with van der Waals surface area (Å²) in [5, 5.41) is 2.82. The molecule has 162 valence electrons. The molecular weight excluding hydrogens is 476 g/mol. The van der Waals surface area contributed by atoms with E-state index < -0.39 is 22.0 Å². The van der Waals surface area contributed by atoms with E-state index in [1.807, 2.05) is 61.5 Å². The molecule has 1 amide bonds. The van der Waals surface area contributed by atoms with Crippen molar-refractivity contribution in [2.45, 2.75) is 38.1 Å². The van der Waals surface area contributed by atoms with Crippen LogP contribution in [0.5, 0.6) is 0 Å². The summed E-state index contributed by atoms with van der Waals surface area (Å²) >= 11 is 3.36. The Bertz CT molecular complexity index is 1150. The number of benzene rings is 3. The average Bonchev–Trinajstić information content (AvgIpc) is 2.68. The number of sulfonamides is 1. The fourth-order valence-corrected chi connectivity index (χ4v) is 5.55. The van der Waals surface area contributed by atoms with Gasteiger partial charge in [-0.25, -0.2) is 8.42 Å². The first-order valence-electron chi connectivity index (χ1n) is 9.86. The summed E-state index contributed by atoms with van der Waals surface area (Å²) < 4.78 is 30.1. The summed E-state index contributed by atoms with van der Waals surface area (Å²) in [6.45, 7) is 5.46. The number of carbonyl (C=O) groups excluding carboxylic acids is 1. The maximum Gasteiger partial charge on any atom is 0.242 e. The van der Waals surface area contributed by atoms with Gasteiger partial charge in [-0.15, -0.1) is 0 Å². The minimum absolute atomic E-state index is 0.215. The van der Waals surface area contributed by atoms with Crippen LogP contribution in [0.1, 0.15) is 22.3 Å². The summed E-state index contributed by atoms with van der Waals surface area (Å²) in [5.41, 5.74) is 3.74. The lowest BCUT2D eigenvalue weighted by molar-refractivity contribution is -0.117. The van der Waals surface area contributed by atoms with E-state index in [1.54, 1.807) is 26.0 Å². The molecule has 7 heteroatoms. The Hall–Kier alpha value is -2.48. The third-order valence-corrected chi connectivity index (χ3v) is 7.19. The quantitative estimate of drug-likeness (QED) is 0.484. The van der Waals surface area contributed by atoms with Crippen LogP contribution in [0.3, 0.4) is 0 Å². The second-order valence-electron chi connectivity index (χ2n) is 7.59. The van der Waals surface area contributed by atoms with Gasteiger partial charge in [0.05, 0.1) is 4.90 Å². The molecule has 3 rings (SSSR count). The van der Waals surface area contributed by atoms with E-state index >= 15 is 0 Å². The fourth-order valence-electron chi connectivity index (χ4n) is 3.64. The zero-order chi connectivity index (χ0) is 22.6. The fraction of sp³-hybridized carbons (Fsp3) is 0.208. The molecule has 0 aromatic heterocycles. The Morgan fingerprint density at radius 2 is 1.52 bits per heavy atom. The van der Waals surface area contributed by atoms with Gasteiger partial charge in [0.2, 0.25) is 15.9 Å². The van der Waals surface area contributed by atoms with Crippen molar-refractivity contribution in [3.63, 3.8) is 0 Å². The van der Waals surface area contributed by atoms with Crippen molar-refractivity contribution < 1.29 is 13.2 Å². The van der Waals surface area contributed by atoms with E-state index in [-0.39, 0.29) is 11.3 Å². The Kier molecular flexibility index (Phi) is 7.30. The SMILES string of the molecule is Cc1cc(C)c(S(=O)(=O)NC(Cc2ccccc2)C(=O)Nc2ccc(Br)cc2)c(C)c1. The smallest absolute Gasteiger partial charge is 0.242 e. The van der Waals surface area contributed by atoms with Crippen LogP contribution in [-0.2, 0) is 21.2 Å². The van der Waals surface area contributed by atoms with Gasteiger partial charge in [0, 0.05) is 10.2 Å². The van der Waals surface area contributed by atoms with Crippen LogP contribution < -0.4 is 10.0 Å². The number of halogens is 1. The van der Waals surface area contributed by atoms with Gasteiger partial charge >= 0.3 is 0 Å². The average molecular weight is 501 g/mol. The summed E-state index contributed by atoms with van der Waals surface area (Å²) in [7, 11) is -3.92. The Morgan fingerprint density at radius 3 is 2.10 bits per heavy atom. The van der Waals surface area contributed by atoms with Gasteiger partial charge in [-0.05, 0) is 68.1 Å². The number of hydrogen-bond donors (Lipinski definition) is 2. The van der Waals surface area contributed by atoms with Crippen LogP contribution in [0.2, 0.25) is 0 Å². The van der Waals surface area contributed by atoms with Crippen LogP contribution in [0.25, 0.3) is 0 Å². The van der Waals surface area contributed by atoms with E-state index in [9.17, 15) is 13.2 Å². The summed E-state index contributed by atoms with van der Waals surface area (Å²) in [5.74, 6) is -0.419. The monoisotopic (exact) mass is 500 g/mol. The van der Waals surface area contributed by atoms with Crippen LogP contribution in [-0.4, -0.2) is 20.4 Å². The van der Waals surface area contributed by atoms with E-state index in [1.165, 1.54) is 0 Å². The Labute approximate surface area is 192 Å². The summed E-state index contributed by atoms with van der Waals surface area (Å²) in [6, 6.07) is 19.2. The number of aryl methyl sites for hydroxylation is 3. The van der Waals surface area contributed by atoms with E-state index in [0.29, 0.717) is 16.8 Å². The van der Waals surface area contributed by atoms with E-state index in [2.05, 4.69) is 26.0 Å². The molecule has 0 heterocycles. The molecule has 0 aliphatic rings. The number of nitrogens with one attached hydrogen (secondary N) is 2. The van der Waals surface area contributed by atoms with Crippen molar-refractivity contribution in [3.8, 4) is 0 Å². The molecule has 1 unspecified atom stereocenters. The van der Waals surface area contributed by atoms with Gasteiger partial charge in [0.25, 0.3) is 0 Å². The van der Waals surface area contributed by atoms with Gasteiger partial charge in [-0.3, -0.25) is 4.79 Å². The molecule has 1 atom stereocenters. The van der Waals surface area contributed by atoms with Crippen LogP contribution in [0, 0.1) is 20.8 Å². The van der Waals surface area contributed by atoms with Crippen molar-refractivity contribution in [3.05, 3.63) is 93.5 Å². The van der Waals surface area contributed by atoms with Gasteiger partial charge < -0.3 is 5.32 Å². The third-order valence-electron chi connectivity index (χ3n) is 4.88. The minimum Gasteiger partial charge on any atom is -0.325 e. The highest BCUT2D eigenvalue weighted by Crippen LogP contribution is 2.23. The molecule has 0 aliphatic carbocycles. The van der Waals surface area contributed by atoms with Crippen molar-refractivity contribution in [2.24, 2.45) is 0 Å². The predicted octanol–water partition coefficient (Wildman–Crippen LogP) is 4.90.